The molecule has 0 radical (unpaired) electrons. The van der Waals surface area contributed by atoms with E-state index in [4.69, 9.17) is 35.2 Å². The van der Waals surface area contributed by atoms with E-state index in [0.29, 0.717) is 36.3 Å². The van der Waals surface area contributed by atoms with Crippen LogP contribution in [0.25, 0.3) is 0 Å². The predicted octanol–water partition coefficient (Wildman–Crippen LogP) is -0.579. The molecule has 10 atom stereocenters. The molecule has 1 amide bonds. The number of ketones is 2. The molecule has 3 aromatic rings. The molecule has 19 heteroatoms. The Labute approximate surface area is 367 Å². The highest BCUT2D eigenvalue weighted by Crippen LogP contribution is 2.49. The summed E-state index contributed by atoms with van der Waals surface area (Å²) in [6.07, 6.45) is -2.39. The Kier molecular flexibility index (Phi) is 12.2. The second-order valence-electron chi connectivity index (χ2n) is 16.2. The monoisotopic (exact) mass is 879 g/mol. The number of hydrogen-bond donors (Lipinski definition) is 9. The second kappa shape index (κ2) is 18.1. The van der Waals surface area contributed by atoms with Crippen molar-refractivity contribution < 1.29 is 58.2 Å². The molecule has 3 aromatic carbocycles. The zero-order chi connectivity index (χ0) is 44.6. The van der Waals surface area contributed by atoms with Crippen molar-refractivity contribution in [2.75, 3.05) is 37.9 Å². The first-order valence-corrected chi connectivity index (χ1v) is 21.0. The number of aliphatic hydroxyl groups excluding tert-OH is 3. The highest BCUT2D eigenvalue weighted by molar-refractivity contribution is 6.29. The molecule has 5 aliphatic heterocycles. The molecule has 5 heterocycles. The van der Waals surface area contributed by atoms with Gasteiger partial charge in [0.2, 0.25) is 12.2 Å². The fourth-order valence-corrected chi connectivity index (χ4v) is 8.98. The van der Waals surface area contributed by atoms with E-state index in [1.807, 2.05) is 35.2 Å². The number of aliphatic hydroxyl groups is 3. The van der Waals surface area contributed by atoms with E-state index >= 15 is 0 Å². The lowest BCUT2D eigenvalue weighted by molar-refractivity contribution is -0.287. The number of nitrogens with zero attached hydrogens (tertiary/aromatic N) is 1. The summed E-state index contributed by atoms with van der Waals surface area (Å²) < 4.78 is 31.9. The zero-order valence-electron chi connectivity index (χ0n) is 34.4. The molecule has 11 N–H and O–H groups in total. The first-order chi connectivity index (χ1) is 31.0. The number of carbonyl (C=O) groups excluding carboxylic acids is 4. The van der Waals surface area contributed by atoms with Gasteiger partial charge in [-0.15, -0.1) is 0 Å². The maximum atomic E-state index is 14.7. The van der Waals surface area contributed by atoms with Crippen LogP contribution in [0.3, 0.4) is 0 Å². The molecule has 3 saturated heterocycles. The molecule has 64 heavy (non-hydrogen) atoms. The number of aldehydes is 1. The van der Waals surface area contributed by atoms with Gasteiger partial charge in [0.15, 0.2) is 23.1 Å². The summed E-state index contributed by atoms with van der Waals surface area (Å²) in [7, 11) is 0. The van der Waals surface area contributed by atoms with Crippen molar-refractivity contribution in [2.24, 2.45) is 11.5 Å². The highest BCUT2D eigenvalue weighted by atomic mass is 16.7. The minimum atomic E-state index is -1.58. The van der Waals surface area contributed by atoms with Gasteiger partial charge in [-0.1, -0.05) is 48.5 Å². The number of nitrogens with two attached hydrogens (primary N) is 2. The van der Waals surface area contributed by atoms with Gasteiger partial charge in [0.1, 0.15) is 62.4 Å². The standard InChI is InChI=1S/C45H49N7O12/c46-32-17-22(9-13-48-32)11-16-61-41-38(58)37(57)31-20-60-15-12-24(25-5-3-4-8-30(25)52-21-49-34-42(52)50-45(47)51-43(34)59)28-18-29-33(36(56)27-7-2-1-6-26(27)35(29)55)40(39(28)64-44(41)63-31)62-19-23(54)10-14-53/h1-9,12,14-15,17-18,23-24,31,34,37-38,41-42,44-45,48-50,54,57-58H,10-11,13,16,19-21,46-47H2,(H,51,59). The van der Waals surface area contributed by atoms with Gasteiger partial charge in [-0.2, -0.15) is 0 Å². The van der Waals surface area contributed by atoms with Gasteiger partial charge in [-0.05, 0) is 41.8 Å². The Morgan fingerprint density at radius 2 is 1.78 bits per heavy atom. The fourth-order valence-electron chi connectivity index (χ4n) is 8.98. The maximum Gasteiger partial charge on any atom is 0.242 e. The van der Waals surface area contributed by atoms with Crippen LogP contribution in [0, 0.1) is 0 Å². The lowest BCUT2D eigenvalue weighted by Gasteiger charge is -2.42. The predicted molar refractivity (Wildman–Crippen MR) is 227 cm³/mol. The smallest absolute Gasteiger partial charge is 0.242 e. The second-order valence-corrected chi connectivity index (χ2v) is 16.2. The minimum absolute atomic E-state index is 0.0228. The molecule has 19 nitrogen and oxygen atoms in total. The van der Waals surface area contributed by atoms with E-state index in [9.17, 15) is 34.5 Å². The largest absolute Gasteiger partial charge is 0.499 e. The number of carbonyl (C=O) groups is 4. The molecular formula is C45H49N7O12. The Morgan fingerprint density at radius 1 is 1.00 bits per heavy atom. The third-order valence-corrected chi connectivity index (χ3v) is 12.1. The Balaban J connectivity index is 1.22. The molecule has 10 unspecified atom stereocenters. The molecule has 0 spiro atoms. The Hall–Kier alpha value is -6.16. The summed E-state index contributed by atoms with van der Waals surface area (Å²) in [5, 5.41) is 46.1. The first kappa shape index (κ1) is 43.1. The van der Waals surface area contributed by atoms with E-state index in [0.717, 1.165) is 5.57 Å². The number of hydrogen-bond acceptors (Lipinski definition) is 18. The normalized spacial score (nSPS) is 28.8. The maximum absolute atomic E-state index is 14.7. The van der Waals surface area contributed by atoms with Crippen LogP contribution in [-0.2, 0) is 23.8 Å². The summed E-state index contributed by atoms with van der Waals surface area (Å²) >= 11 is 0. The van der Waals surface area contributed by atoms with Crippen LogP contribution in [0.1, 0.15) is 61.7 Å². The van der Waals surface area contributed by atoms with Gasteiger partial charge < -0.3 is 65.1 Å². The van der Waals surface area contributed by atoms with Gasteiger partial charge >= 0.3 is 0 Å². The average Bonchev–Trinajstić information content (AvgIpc) is 3.70. The number of fused-ring (bicyclic) bond motifs is 6. The van der Waals surface area contributed by atoms with Gasteiger partial charge in [0.05, 0.1) is 37.0 Å². The van der Waals surface area contributed by atoms with E-state index in [1.54, 1.807) is 36.4 Å². The van der Waals surface area contributed by atoms with Gasteiger partial charge in [-0.3, -0.25) is 30.8 Å². The third kappa shape index (κ3) is 8.12. The SMILES string of the molecule is NC1=CC(CCOC2C3Oc4c(cc5c(c4OCC(O)CC=O)C(=O)c4ccccc4C5=O)C(c4ccccc4N4CNC5C(=O)NC(N)NC54)C=COCC(O3)C(O)C2O)=CCN1. The molecule has 2 bridgehead atoms. The lowest BCUT2D eigenvalue weighted by atomic mass is 9.79. The van der Waals surface area contributed by atoms with Crippen molar-refractivity contribution >= 4 is 29.4 Å². The Morgan fingerprint density at radius 3 is 2.58 bits per heavy atom. The van der Waals surface area contributed by atoms with Crippen LogP contribution >= 0.6 is 0 Å². The molecular weight excluding hydrogens is 831 g/mol. The number of ether oxygens (including phenoxy) is 5. The van der Waals surface area contributed by atoms with E-state index in [2.05, 4.69) is 21.3 Å². The topological polar surface area (TPSA) is 279 Å². The summed E-state index contributed by atoms with van der Waals surface area (Å²) in [6.45, 7) is 0.0472. The number of para-hydroxylation sites is 1. The van der Waals surface area contributed by atoms with Crippen LogP contribution in [0.5, 0.6) is 11.5 Å². The summed E-state index contributed by atoms with van der Waals surface area (Å²) in [5.74, 6) is -2.09. The number of nitrogens with one attached hydrogen (secondary N) is 4. The number of dihydropyridines is 1. The summed E-state index contributed by atoms with van der Waals surface area (Å²) in [6, 6.07) is 14.6. The number of allylic oxidation sites excluding steroid dienone is 2. The van der Waals surface area contributed by atoms with E-state index in [-0.39, 0.29) is 71.5 Å². The molecule has 336 valence electrons. The van der Waals surface area contributed by atoms with Crippen molar-refractivity contribution in [1.29, 1.82) is 0 Å². The van der Waals surface area contributed by atoms with Crippen molar-refractivity contribution in [2.45, 2.75) is 74.1 Å². The molecule has 1 aliphatic carbocycles. The van der Waals surface area contributed by atoms with Gasteiger partial charge in [0.25, 0.3) is 0 Å². The van der Waals surface area contributed by atoms with Crippen LogP contribution in [0.2, 0.25) is 0 Å². The Bertz CT molecular complexity index is 2430. The van der Waals surface area contributed by atoms with Gasteiger partial charge in [0, 0.05) is 46.8 Å². The van der Waals surface area contributed by atoms with Crippen LogP contribution < -0.4 is 47.1 Å². The third-order valence-electron chi connectivity index (χ3n) is 12.1. The fraction of sp³-hybridized carbons (Fsp3) is 0.378. The quantitative estimate of drug-likeness (QED) is 0.0853. The van der Waals surface area contributed by atoms with E-state index < -0.39 is 79.4 Å². The summed E-state index contributed by atoms with van der Waals surface area (Å²) in [5.41, 5.74) is 14.7. The van der Waals surface area contributed by atoms with Crippen molar-refractivity contribution in [3.8, 4) is 11.5 Å². The molecule has 0 saturated carbocycles. The zero-order valence-corrected chi connectivity index (χ0v) is 34.4. The van der Waals surface area contributed by atoms with Crippen molar-refractivity contribution in [3.63, 3.8) is 0 Å². The van der Waals surface area contributed by atoms with Crippen LogP contribution in [0.4, 0.5) is 5.69 Å². The lowest BCUT2D eigenvalue weighted by Crippen LogP contribution is -2.70. The number of anilines is 1. The van der Waals surface area contributed by atoms with Crippen LogP contribution in [0.15, 0.2) is 90.5 Å². The van der Waals surface area contributed by atoms with E-state index in [1.165, 1.54) is 12.3 Å². The summed E-state index contributed by atoms with van der Waals surface area (Å²) in [4.78, 5) is 55.7. The van der Waals surface area contributed by atoms with Crippen LogP contribution in [-0.4, -0.2) is 127 Å². The number of amides is 1. The molecule has 3 fully saturated rings. The molecule has 9 rings (SSSR count). The average molecular weight is 880 g/mol. The number of benzene rings is 3. The molecule has 0 aromatic heterocycles. The van der Waals surface area contributed by atoms with Gasteiger partial charge in [-0.25, -0.2) is 0 Å². The first-order valence-electron chi connectivity index (χ1n) is 21.0. The number of rotatable bonds is 11. The minimum Gasteiger partial charge on any atom is -0.499 e. The van der Waals surface area contributed by atoms with Crippen molar-refractivity contribution in [1.82, 2.24) is 21.3 Å². The highest BCUT2D eigenvalue weighted by Gasteiger charge is 2.49. The molecule has 6 aliphatic rings. The van der Waals surface area contributed by atoms with Crippen molar-refractivity contribution in [3.05, 3.63) is 124 Å².